The Kier molecular flexibility index (Phi) is 7.91. The largest absolute Gasteiger partial charge is 0.497 e. The molecule has 0 saturated heterocycles. The summed E-state index contributed by atoms with van der Waals surface area (Å²) in [6.07, 6.45) is 3.76. The molecule has 47 heavy (non-hydrogen) atoms. The summed E-state index contributed by atoms with van der Waals surface area (Å²) in [5.74, 6) is -1.54. The summed E-state index contributed by atoms with van der Waals surface area (Å²) in [5.41, 5.74) is 5.03. The maximum absolute atomic E-state index is 14.0. The number of aryl methyl sites for hydroxylation is 2. The number of carbonyl (C=O) groups is 2. The van der Waals surface area contributed by atoms with Crippen molar-refractivity contribution in [2.75, 3.05) is 27.1 Å². The number of ether oxygens (including phenoxy) is 5. The van der Waals surface area contributed by atoms with Gasteiger partial charge in [-0.2, -0.15) is 0 Å². The summed E-state index contributed by atoms with van der Waals surface area (Å²) in [6.45, 7) is 2.01. The highest BCUT2D eigenvalue weighted by atomic mass is 16.7. The Balaban J connectivity index is 1.55. The lowest BCUT2D eigenvalue weighted by Gasteiger charge is -2.38. The molecule has 0 spiro atoms. The highest BCUT2D eigenvalue weighted by Crippen LogP contribution is 2.62. The second kappa shape index (κ2) is 12.2. The van der Waals surface area contributed by atoms with Gasteiger partial charge in [0.15, 0.2) is 18.1 Å². The van der Waals surface area contributed by atoms with E-state index in [2.05, 4.69) is 18.2 Å². The first kappa shape index (κ1) is 30.5. The normalized spacial score (nSPS) is 20.4. The molecule has 0 fully saturated rings. The Labute approximate surface area is 272 Å². The maximum atomic E-state index is 14.0. The van der Waals surface area contributed by atoms with Crippen LogP contribution in [0.3, 0.4) is 0 Å². The molecule has 0 aromatic heterocycles. The molecular weight excluding hydrogens is 600 g/mol. The van der Waals surface area contributed by atoms with Crippen molar-refractivity contribution in [1.29, 1.82) is 0 Å². The number of rotatable bonds is 11. The van der Waals surface area contributed by atoms with Gasteiger partial charge in [-0.3, -0.25) is 4.79 Å². The van der Waals surface area contributed by atoms with Gasteiger partial charge < -0.3 is 33.9 Å². The van der Waals surface area contributed by atoms with Gasteiger partial charge >= 0.3 is 11.9 Å². The van der Waals surface area contributed by atoms with Crippen molar-refractivity contribution in [3.8, 4) is 28.7 Å². The van der Waals surface area contributed by atoms with Crippen LogP contribution in [0.5, 0.6) is 28.7 Å². The van der Waals surface area contributed by atoms with Gasteiger partial charge in [0, 0.05) is 17.5 Å². The highest BCUT2D eigenvalue weighted by Gasteiger charge is 2.59. The lowest BCUT2D eigenvalue weighted by atomic mass is 9.63. The molecule has 0 amide bonds. The van der Waals surface area contributed by atoms with E-state index in [-0.39, 0.29) is 12.5 Å². The summed E-state index contributed by atoms with van der Waals surface area (Å²) >= 11 is 0. The van der Waals surface area contributed by atoms with Crippen molar-refractivity contribution in [3.05, 3.63) is 112 Å². The molecule has 2 aliphatic carbocycles. The number of hydrogen-bond acceptors (Lipinski definition) is 7. The minimum Gasteiger partial charge on any atom is -0.497 e. The molecule has 2 N–H and O–H groups in total. The first-order chi connectivity index (χ1) is 22.8. The predicted molar refractivity (Wildman–Crippen MR) is 172 cm³/mol. The minimum atomic E-state index is -1.18. The van der Waals surface area contributed by atoms with Crippen LogP contribution >= 0.6 is 0 Å². The van der Waals surface area contributed by atoms with E-state index >= 15 is 0 Å². The van der Waals surface area contributed by atoms with Crippen molar-refractivity contribution in [2.24, 2.45) is 5.92 Å². The molecule has 1 aliphatic heterocycles. The van der Waals surface area contributed by atoms with E-state index in [0.29, 0.717) is 35.2 Å². The molecule has 0 bridgehead atoms. The van der Waals surface area contributed by atoms with Crippen molar-refractivity contribution in [3.63, 3.8) is 0 Å². The van der Waals surface area contributed by atoms with Crippen LogP contribution in [0.4, 0.5) is 0 Å². The molecule has 0 saturated carbocycles. The highest BCUT2D eigenvalue weighted by molar-refractivity contribution is 5.83. The number of aliphatic carboxylic acids is 2. The molecule has 9 nitrogen and oxygen atoms in total. The second-order valence-electron chi connectivity index (χ2n) is 12.2. The van der Waals surface area contributed by atoms with Gasteiger partial charge in [0.2, 0.25) is 6.79 Å². The molecule has 0 unspecified atom stereocenters. The van der Waals surface area contributed by atoms with Gasteiger partial charge in [-0.05, 0) is 89.4 Å². The maximum Gasteiger partial charge on any atom is 0.341 e. The van der Waals surface area contributed by atoms with Gasteiger partial charge in [-0.1, -0.05) is 43.3 Å². The zero-order chi connectivity index (χ0) is 32.7. The van der Waals surface area contributed by atoms with Gasteiger partial charge in [0.05, 0.1) is 25.0 Å². The Morgan fingerprint density at radius 3 is 2.38 bits per heavy atom. The second-order valence-corrected chi connectivity index (χ2v) is 12.2. The number of benzene rings is 4. The van der Waals surface area contributed by atoms with E-state index in [9.17, 15) is 19.8 Å². The summed E-state index contributed by atoms with van der Waals surface area (Å²) in [5, 5.41) is 21.0. The van der Waals surface area contributed by atoms with Crippen LogP contribution in [0.1, 0.15) is 64.6 Å². The number of methoxy groups -OCH3 is 1. The van der Waals surface area contributed by atoms with E-state index in [1.807, 2.05) is 43.3 Å². The Morgan fingerprint density at radius 1 is 0.830 bits per heavy atom. The van der Waals surface area contributed by atoms with Crippen LogP contribution in [-0.4, -0.2) is 49.3 Å². The average molecular weight is 637 g/mol. The monoisotopic (exact) mass is 636 g/mol. The van der Waals surface area contributed by atoms with Crippen LogP contribution in [0.25, 0.3) is 0 Å². The fraction of sp³-hybridized carbons (Fsp3) is 0.316. The SMILES string of the molecule is CCCOc1ccc2c(c1)[C@@H](c1ccc(OC)cc1OCC(=O)O)[C@@H](C(=O)O)[C@]2(c1ccc2c(c1)CCC2)c1ccc2c(c1)OCO2. The van der Waals surface area contributed by atoms with Crippen molar-refractivity contribution >= 4 is 11.9 Å². The third kappa shape index (κ3) is 5.10. The van der Waals surface area contributed by atoms with Crippen LogP contribution in [0.15, 0.2) is 72.8 Å². The topological polar surface area (TPSA) is 121 Å². The third-order valence-electron chi connectivity index (χ3n) is 9.61. The fourth-order valence-electron chi connectivity index (χ4n) is 7.70. The van der Waals surface area contributed by atoms with Gasteiger partial charge in [0.1, 0.15) is 17.2 Å². The summed E-state index contributed by atoms with van der Waals surface area (Å²) in [7, 11) is 1.51. The predicted octanol–water partition coefficient (Wildman–Crippen LogP) is 6.35. The number of fused-ring (bicyclic) bond motifs is 3. The third-order valence-corrected chi connectivity index (χ3v) is 9.61. The van der Waals surface area contributed by atoms with E-state index in [0.717, 1.165) is 47.9 Å². The van der Waals surface area contributed by atoms with Gasteiger partial charge in [0.25, 0.3) is 0 Å². The Hall–Kier alpha value is -5.18. The van der Waals surface area contributed by atoms with Crippen molar-refractivity contribution < 1.29 is 43.5 Å². The smallest absolute Gasteiger partial charge is 0.341 e. The lowest BCUT2D eigenvalue weighted by Crippen LogP contribution is -2.40. The van der Waals surface area contributed by atoms with Gasteiger partial charge in [-0.15, -0.1) is 0 Å². The molecule has 0 radical (unpaired) electrons. The van der Waals surface area contributed by atoms with Gasteiger partial charge in [-0.25, -0.2) is 4.79 Å². The fourth-order valence-corrected chi connectivity index (χ4v) is 7.70. The van der Waals surface area contributed by atoms with Crippen LogP contribution in [0, 0.1) is 5.92 Å². The molecule has 242 valence electrons. The van der Waals surface area contributed by atoms with Crippen molar-refractivity contribution in [1.82, 2.24) is 0 Å². The van der Waals surface area contributed by atoms with Crippen LogP contribution < -0.4 is 23.7 Å². The molecule has 3 aliphatic rings. The molecular formula is C38H36O9. The molecule has 9 heteroatoms. The van der Waals surface area contributed by atoms with E-state index in [4.69, 9.17) is 23.7 Å². The van der Waals surface area contributed by atoms with E-state index < -0.39 is 35.8 Å². The van der Waals surface area contributed by atoms with Crippen molar-refractivity contribution in [2.45, 2.75) is 43.9 Å². The Morgan fingerprint density at radius 2 is 1.60 bits per heavy atom. The Bertz CT molecular complexity index is 1800. The molecule has 4 aromatic carbocycles. The zero-order valence-electron chi connectivity index (χ0n) is 26.3. The van der Waals surface area contributed by atoms with Crippen LogP contribution in [-0.2, 0) is 27.8 Å². The first-order valence-corrected chi connectivity index (χ1v) is 15.9. The summed E-state index contributed by atoms with van der Waals surface area (Å²) < 4.78 is 28.9. The molecule has 1 heterocycles. The molecule has 7 rings (SSSR count). The zero-order valence-corrected chi connectivity index (χ0v) is 26.3. The molecule has 4 aromatic rings. The number of hydrogen-bond donors (Lipinski definition) is 2. The lowest BCUT2D eigenvalue weighted by molar-refractivity contribution is -0.143. The quantitative estimate of drug-likeness (QED) is 0.194. The first-order valence-electron chi connectivity index (χ1n) is 15.9. The van der Waals surface area contributed by atoms with E-state index in [1.165, 1.54) is 18.2 Å². The van der Waals surface area contributed by atoms with E-state index in [1.54, 1.807) is 18.2 Å². The minimum absolute atomic E-state index is 0.0838. The average Bonchev–Trinajstić information content (AvgIpc) is 3.82. The molecule has 3 atom stereocenters. The summed E-state index contributed by atoms with van der Waals surface area (Å²) in [6, 6.07) is 23.0. The number of carboxylic acids is 2. The standard InChI is InChI=1S/C38H36O9/c1-3-15-44-27-11-13-30-29(18-27)35(28-12-10-26(43-2)19-32(28)45-20-34(39)40)36(37(41)42)38(30,24-8-7-22-5-4-6-23(22)16-24)25-9-14-31-33(17-25)47-21-46-31/h7-14,16-19,35-36H,3-6,15,20-21H2,1-2H3,(H,39,40)(H,41,42)/t35-,36+,38-/m1/s1. The number of carboxylic acid groups (broad SMARTS) is 2. The summed E-state index contributed by atoms with van der Waals surface area (Å²) in [4.78, 5) is 25.6. The van der Waals surface area contributed by atoms with Crippen LogP contribution in [0.2, 0.25) is 0 Å².